The predicted octanol–water partition coefficient (Wildman–Crippen LogP) is 4.32. The third-order valence-corrected chi connectivity index (χ3v) is 3.24. The summed E-state index contributed by atoms with van der Waals surface area (Å²) in [5, 5.41) is 3.44. The smallest absolute Gasteiger partial charge is 0.119 e. The zero-order valence-electron chi connectivity index (χ0n) is 12.6. The first-order chi connectivity index (χ1) is 9.33. The molecule has 0 aliphatic carbocycles. The van der Waals surface area contributed by atoms with Crippen molar-refractivity contribution in [1.82, 2.24) is 5.32 Å². The first kappa shape index (κ1) is 16.0. The summed E-state index contributed by atoms with van der Waals surface area (Å²) >= 11 is 0. The molecule has 0 amide bonds. The number of ether oxygens (including phenoxy) is 1. The molecule has 0 aromatic heterocycles. The maximum Gasteiger partial charge on any atom is 0.119 e. The van der Waals surface area contributed by atoms with E-state index in [2.05, 4.69) is 31.3 Å². The molecule has 0 radical (unpaired) electrons. The van der Waals surface area contributed by atoms with E-state index in [1.165, 1.54) is 44.1 Å². The Balaban J connectivity index is 1.89. The molecule has 0 aliphatic rings. The Morgan fingerprint density at radius 2 is 1.79 bits per heavy atom. The van der Waals surface area contributed by atoms with Gasteiger partial charge in [0.2, 0.25) is 0 Å². The molecular formula is C17H29NO. The summed E-state index contributed by atoms with van der Waals surface area (Å²) in [7, 11) is 0. The first-order valence-corrected chi connectivity index (χ1v) is 7.73. The Labute approximate surface area is 118 Å². The maximum atomic E-state index is 5.68. The van der Waals surface area contributed by atoms with E-state index >= 15 is 0 Å². The Morgan fingerprint density at radius 3 is 2.58 bits per heavy atom. The second-order valence-corrected chi connectivity index (χ2v) is 5.18. The van der Waals surface area contributed by atoms with Crippen LogP contribution in [0.25, 0.3) is 0 Å². The Hall–Kier alpha value is -1.02. The van der Waals surface area contributed by atoms with Gasteiger partial charge in [0.05, 0.1) is 0 Å². The molecule has 0 fully saturated rings. The van der Waals surface area contributed by atoms with Gasteiger partial charge in [-0.2, -0.15) is 0 Å². The summed E-state index contributed by atoms with van der Waals surface area (Å²) < 4.78 is 5.68. The van der Waals surface area contributed by atoms with Crippen LogP contribution in [0.1, 0.15) is 51.0 Å². The third kappa shape index (κ3) is 8.66. The second-order valence-electron chi connectivity index (χ2n) is 5.18. The van der Waals surface area contributed by atoms with Gasteiger partial charge >= 0.3 is 0 Å². The quantitative estimate of drug-likeness (QED) is 0.600. The molecule has 0 heterocycles. The largest absolute Gasteiger partial charge is 0.492 e. The van der Waals surface area contributed by atoms with Crippen molar-refractivity contribution >= 4 is 0 Å². The standard InChI is InChI=1S/C17H29NO/c1-3-4-5-6-7-8-12-18-13-14-19-17-11-9-10-16(2)15-17/h9-11,15,18H,3-8,12-14H2,1-2H3. The van der Waals surface area contributed by atoms with Crippen molar-refractivity contribution < 1.29 is 4.74 Å². The number of nitrogens with one attached hydrogen (secondary N) is 1. The van der Waals surface area contributed by atoms with Crippen molar-refractivity contribution in [1.29, 1.82) is 0 Å². The van der Waals surface area contributed by atoms with Crippen LogP contribution >= 0.6 is 0 Å². The molecule has 0 saturated heterocycles. The van der Waals surface area contributed by atoms with Crippen molar-refractivity contribution in [2.75, 3.05) is 19.7 Å². The molecule has 2 nitrogen and oxygen atoms in total. The van der Waals surface area contributed by atoms with Gasteiger partial charge in [0.25, 0.3) is 0 Å². The van der Waals surface area contributed by atoms with E-state index in [1.54, 1.807) is 0 Å². The molecular weight excluding hydrogens is 234 g/mol. The SMILES string of the molecule is CCCCCCCCNCCOc1cccc(C)c1. The van der Waals surface area contributed by atoms with Gasteiger partial charge in [0, 0.05) is 6.54 Å². The van der Waals surface area contributed by atoms with Crippen LogP contribution in [0.5, 0.6) is 5.75 Å². The van der Waals surface area contributed by atoms with Gasteiger partial charge in [-0.05, 0) is 37.6 Å². The number of hydrogen-bond donors (Lipinski definition) is 1. The topological polar surface area (TPSA) is 21.3 Å². The molecule has 1 aromatic carbocycles. The van der Waals surface area contributed by atoms with Crippen LogP contribution in [-0.4, -0.2) is 19.7 Å². The predicted molar refractivity (Wildman–Crippen MR) is 82.9 cm³/mol. The number of benzene rings is 1. The molecule has 0 aliphatic heterocycles. The lowest BCUT2D eigenvalue weighted by Gasteiger charge is -2.08. The number of rotatable bonds is 11. The Bertz CT molecular complexity index is 325. The van der Waals surface area contributed by atoms with E-state index in [-0.39, 0.29) is 0 Å². The number of unbranched alkanes of at least 4 members (excludes halogenated alkanes) is 5. The number of aryl methyl sites for hydroxylation is 1. The Kier molecular flexibility index (Phi) is 9.17. The van der Waals surface area contributed by atoms with Gasteiger partial charge in [0.15, 0.2) is 0 Å². The molecule has 0 unspecified atom stereocenters. The minimum absolute atomic E-state index is 0.749. The molecule has 0 saturated carbocycles. The molecule has 0 atom stereocenters. The molecule has 1 N–H and O–H groups in total. The summed E-state index contributed by atoms with van der Waals surface area (Å²) in [6.07, 6.45) is 8.13. The fourth-order valence-corrected chi connectivity index (χ4v) is 2.10. The van der Waals surface area contributed by atoms with E-state index < -0.39 is 0 Å². The lowest BCUT2D eigenvalue weighted by Crippen LogP contribution is -2.22. The van der Waals surface area contributed by atoms with Gasteiger partial charge in [-0.3, -0.25) is 0 Å². The van der Waals surface area contributed by atoms with Crippen LogP contribution < -0.4 is 10.1 Å². The highest BCUT2D eigenvalue weighted by Crippen LogP contribution is 2.11. The highest BCUT2D eigenvalue weighted by Gasteiger charge is 1.94. The zero-order valence-corrected chi connectivity index (χ0v) is 12.6. The fourth-order valence-electron chi connectivity index (χ4n) is 2.10. The van der Waals surface area contributed by atoms with Crippen LogP contribution in [0.3, 0.4) is 0 Å². The highest BCUT2D eigenvalue weighted by molar-refractivity contribution is 5.27. The van der Waals surface area contributed by atoms with Crippen LogP contribution in [-0.2, 0) is 0 Å². The van der Waals surface area contributed by atoms with E-state index in [4.69, 9.17) is 4.74 Å². The van der Waals surface area contributed by atoms with E-state index in [9.17, 15) is 0 Å². The summed E-state index contributed by atoms with van der Waals surface area (Å²) in [5.74, 6) is 0.973. The van der Waals surface area contributed by atoms with Gasteiger partial charge in [-0.25, -0.2) is 0 Å². The van der Waals surface area contributed by atoms with E-state index in [1.807, 2.05) is 12.1 Å². The zero-order chi connectivity index (χ0) is 13.8. The third-order valence-electron chi connectivity index (χ3n) is 3.24. The Morgan fingerprint density at radius 1 is 1.00 bits per heavy atom. The van der Waals surface area contributed by atoms with Crippen molar-refractivity contribution in [2.24, 2.45) is 0 Å². The van der Waals surface area contributed by atoms with Crippen LogP contribution in [0.4, 0.5) is 0 Å². The molecule has 1 aromatic rings. The molecule has 19 heavy (non-hydrogen) atoms. The average molecular weight is 263 g/mol. The lowest BCUT2D eigenvalue weighted by atomic mass is 10.1. The van der Waals surface area contributed by atoms with Crippen molar-refractivity contribution in [3.8, 4) is 5.75 Å². The monoisotopic (exact) mass is 263 g/mol. The van der Waals surface area contributed by atoms with Crippen LogP contribution in [0, 0.1) is 6.92 Å². The minimum atomic E-state index is 0.749. The molecule has 108 valence electrons. The maximum absolute atomic E-state index is 5.68. The summed E-state index contributed by atoms with van der Waals surface area (Å²) in [6.45, 7) is 7.14. The summed E-state index contributed by atoms with van der Waals surface area (Å²) in [6, 6.07) is 8.21. The molecule has 0 bridgehead atoms. The van der Waals surface area contributed by atoms with Crippen molar-refractivity contribution in [3.05, 3.63) is 29.8 Å². The van der Waals surface area contributed by atoms with Gasteiger partial charge < -0.3 is 10.1 Å². The van der Waals surface area contributed by atoms with Gasteiger partial charge in [-0.1, -0.05) is 51.2 Å². The van der Waals surface area contributed by atoms with E-state index in [0.29, 0.717) is 0 Å². The summed E-state index contributed by atoms with van der Waals surface area (Å²) in [5.41, 5.74) is 1.25. The van der Waals surface area contributed by atoms with Crippen LogP contribution in [0.15, 0.2) is 24.3 Å². The van der Waals surface area contributed by atoms with Gasteiger partial charge in [0.1, 0.15) is 12.4 Å². The normalized spacial score (nSPS) is 10.6. The molecule has 0 spiro atoms. The fraction of sp³-hybridized carbons (Fsp3) is 0.647. The van der Waals surface area contributed by atoms with Crippen molar-refractivity contribution in [2.45, 2.75) is 52.4 Å². The molecule has 2 heteroatoms. The minimum Gasteiger partial charge on any atom is -0.492 e. The van der Waals surface area contributed by atoms with Gasteiger partial charge in [-0.15, -0.1) is 0 Å². The second kappa shape index (κ2) is 10.9. The summed E-state index contributed by atoms with van der Waals surface area (Å²) in [4.78, 5) is 0. The van der Waals surface area contributed by atoms with E-state index in [0.717, 1.165) is 25.4 Å². The first-order valence-electron chi connectivity index (χ1n) is 7.73. The lowest BCUT2D eigenvalue weighted by molar-refractivity contribution is 0.313. The highest BCUT2D eigenvalue weighted by atomic mass is 16.5. The number of hydrogen-bond acceptors (Lipinski definition) is 2. The average Bonchev–Trinajstić information content (AvgIpc) is 2.41. The van der Waals surface area contributed by atoms with Crippen molar-refractivity contribution in [3.63, 3.8) is 0 Å². The van der Waals surface area contributed by atoms with Crippen LogP contribution in [0.2, 0.25) is 0 Å². The molecule has 1 rings (SSSR count).